The second-order valence-corrected chi connectivity index (χ2v) is 5.65. The van der Waals surface area contributed by atoms with E-state index in [1.165, 1.54) is 7.11 Å². The molecule has 1 saturated heterocycles. The number of likely N-dealkylation sites (tertiary alicyclic amines) is 1. The Balaban J connectivity index is 1.68. The summed E-state index contributed by atoms with van der Waals surface area (Å²) in [5.41, 5.74) is 1.38. The number of aromatic nitrogens is 3. The van der Waals surface area contributed by atoms with Gasteiger partial charge in [-0.3, -0.25) is 9.78 Å². The maximum Gasteiger partial charge on any atom is 0.319 e. The first-order valence-electron chi connectivity index (χ1n) is 7.92. The summed E-state index contributed by atoms with van der Waals surface area (Å²) in [6.07, 6.45) is 4.95. The summed E-state index contributed by atoms with van der Waals surface area (Å²) in [5.74, 6) is 0.452. The molecule has 1 aliphatic rings. The Morgan fingerprint density at radius 2 is 2.17 bits per heavy atom. The fourth-order valence-electron chi connectivity index (χ4n) is 2.76. The molecule has 126 valence electrons. The third-order valence-corrected chi connectivity index (χ3v) is 3.98. The van der Waals surface area contributed by atoms with E-state index in [1.54, 1.807) is 24.5 Å². The summed E-state index contributed by atoms with van der Waals surface area (Å²) in [4.78, 5) is 26.8. The Kier molecular flexibility index (Phi) is 4.88. The number of nitrogens with zero attached hydrogens (tertiary/aromatic N) is 4. The van der Waals surface area contributed by atoms with E-state index in [-0.39, 0.29) is 18.0 Å². The highest BCUT2D eigenvalue weighted by molar-refractivity contribution is 5.95. The molecule has 1 fully saturated rings. The van der Waals surface area contributed by atoms with Crippen LogP contribution in [-0.4, -0.2) is 52.1 Å². The number of aryl methyl sites for hydroxylation is 1. The van der Waals surface area contributed by atoms with Crippen molar-refractivity contribution in [2.45, 2.75) is 25.9 Å². The molecular weight excluding hydrogens is 308 g/mol. The molecule has 0 aliphatic carbocycles. The van der Waals surface area contributed by atoms with Gasteiger partial charge < -0.3 is 14.4 Å². The minimum absolute atomic E-state index is 0.00540. The lowest BCUT2D eigenvalue weighted by Gasteiger charge is -2.32. The number of hydrogen-bond donors (Lipinski definition) is 0. The van der Waals surface area contributed by atoms with Crippen molar-refractivity contribution in [3.63, 3.8) is 0 Å². The normalized spacial score (nSPS) is 17.4. The molecule has 0 radical (unpaired) electrons. The van der Waals surface area contributed by atoms with Crippen LogP contribution in [0.3, 0.4) is 0 Å². The quantitative estimate of drug-likeness (QED) is 0.853. The van der Waals surface area contributed by atoms with E-state index in [0.29, 0.717) is 18.0 Å². The maximum atomic E-state index is 12.7. The molecule has 3 rings (SSSR count). The van der Waals surface area contributed by atoms with Gasteiger partial charge in [-0.1, -0.05) is 0 Å². The first-order valence-corrected chi connectivity index (χ1v) is 7.92. The predicted octanol–water partition coefficient (Wildman–Crippen LogP) is 1.87. The summed E-state index contributed by atoms with van der Waals surface area (Å²) in [6.45, 7) is 3.10. The van der Waals surface area contributed by atoms with Crippen molar-refractivity contribution in [1.29, 1.82) is 0 Å². The smallest absolute Gasteiger partial charge is 0.319 e. The number of piperidine rings is 1. The lowest BCUT2D eigenvalue weighted by molar-refractivity contribution is 0.0524. The van der Waals surface area contributed by atoms with Crippen LogP contribution in [0.4, 0.5) is 0 Å². The Morgan fingerprint density at radius 1 is 1.29 bits per heavy atom. The Bertz CT molecular complexity index is 722. The zero-order valence-corrected chi connectivity index (χ0v) is 13.8. The fourth-order valence-corrected chi connectivity index (χ4v) is 2.76. The molecular formula is C17H20N4O3. The summed E-state index contributed by atoms with van der Waals surface area (Å²) in [7, 11) is 1.51. The monoisotopic (exact) mass is 328 g/mol. The van der Waals surface area contributed by atoms with E-state index in [1.807, 2.05) is 17.9 Å². The molecule has 7 heteroatoms. The van der Waals surface area contributed by atoms with Crippen LogP contribution in [0.2, 0.25) is 0 Å². The van der Waals surface area contributed by atoms with Crippen LogP contribution in [0.1, 0.15) is 28.9 Å². The molecule has 1 unspecified atom stereocenters. The van der Waals surface area contributed by atoms with Crippen molar-refractivity contribution < 1.29 is 14.3 Å². The lowest BCUT2D eigenvalue weighted by atomic mass is 10.1. The van der Waals surface area contributed by atoms with Gasteiger partial charge >= 0.3 is 6.01 Å². The van der Waals surface area contributed by atoms with Crippen molar-refractivity contribution in [1.82, 2.24) is 19.9 Å². The van der Waals surface area contributed by atoms with Crippen molar-refractivity contribution in [3.8, 4) is 11.9 Å². The Labute approximate surface area is 140 Å². The van der Waals surface area contributed by atoms with E-state index < -0.39 is 0 Å². The zero-order valence-electron chi connectivity index (χ0n) is 13.8. The van der Waals surface area contributed by atoms with Gasteiger partial charge in [-0.15, -0.1) is 0 Å². The van der Waals surface area contributed by atoms with E-state index in [2.05, 4.69) is 15.0 Å². The predicted molar refractivity (Wildman–Crippen MR) is 87.1 cm³/mol. The highest BCUT2D eigenvalue weighted by atomic mass is 16.5. The summed E-state index contributed by atoms with van der Waals surface area (Å²) in [6, 6.07) is 5.55. The van der Waals surface area contributed by atoms with Gasteiger partial charge in [0.05, 0.1) is 19.2 Å². The first kappa shape index (κ1) is 16.2. The summed E-state index contributed by atoms with van der Waals surface area (Å²) in [5, 5.41) is 0. The largest absolute Gasteiger partial charge is 0.472 e. The maximum absolute atomic E-state index is 12.7. The van der Waals surface area contributed by atoms with Gasteiger partial charge in [-0.25, -0.2) is 4.98 Å². The van der Waals surface area contributed by atoms with Gasteiger partial charge in [0.2, 0.25) is 5.88 Å². The molecule has 7 nitrogen and oxygen atoms in total. The molecule has 0 saturated carbocycles. The van der Waals surface area contributed by atoms with Crippen molar-refractivity contribution in [2.24, 2.45) is 0 Å². The second kappa shape index (κ2) is 7.25. The van der Waals surface area contributed by atoms with Gasteiger partial charge in [0.15, 0.2) is 0 Å². The average Bonchev–Trinajstić information content (AvgIpc) is 2.62. The van der Waals surface area contributed by atoms with Gasteiger partial charge in [0.1, 0.15) is 6.10 Å². The number of methoxy groups -OCH3 is 1. The number of rotatable bonds is 4. The Hall–Kier alpha value is -2.70. The van der Waals surface area contributed by atoms with Gasteiger partial charge in [0, 0.05) is 30.7 Å². The van der Waals surface area contributed by atoms with Crippen LogP contribution in [0, 0.1) is 6.92 Å². The van der Waals surface area contributed by atoms with Crippen molar-refractivity contribution >= 4 is 5.91 Å². The molecule has 3 heterocycles. The number of hydrogen-bond acceptors (Lipinski definition) is 6. The molecule has 1 amide bonds. The highest BCUT2D eigenvalue weighted by Crippen LogP contribution is 2.20. The molecule has 1 atom stereocenters. The standard InChI is InChI=1S/C17H20N4O3/c1-12-14(6-3-8-18-12)16(22)21-10-4-5-13(11-21)24-15-7-9-19-17(20-15)23-2/h3,6-9,13H,4-5,10-11H2,1-2H3. The van der Waals surface area contributed by atoms with Crippen LogP contribution in [-0.2, 0) is 0 Å². The van der Waals surface area contributed by atoms with Crippen molar-refractivity contribution in [3.05, 3.63) is 41.9 Å². The van der Waals surface area contributed by atoms with E-state index in [9.17, 15) is 4.79 Å². The zero-order chi connectivity index (χ0) is 16.9. The van der Waals surface area contributed by atoms with Crippen LogP contribution in [0.25, 0.3) is 0 Å². The van der Waals surface area contributed by atoms with Crippen LogP contribution < -0.4 is 9.47 Å². The molecule has 0 N–H and O–H groups in total. The van der Waals surface area contributed by atoms with Crippen LogP contribution in [0.5, 0.6) is 11.9 Å². The van der Waals surface area contributed by atoms with Crippen molar-refractivity contribution in [2.75, 3.05) is 20.2 Å². The van der Waals surface area contributed by atoms with Crippen LogP contribution >= 0.6 is 0 Å². The minimum Gasteiger partial charge on any atom is -0.472 e. The molecule has 0 spiro atoms. The molecule has 2 aromatic rings. The fraction of sp³-hybridized carbons (Fsp3) is 0.412. The lowest BCUT2D eigenvalue weighted by Crippen LogP contribution is -2.44. The van der Waals surface area contributed by atoms with E-state index >= 15 is 0 Å². The second-order valence-electron chi connectivity index (χ2n) is 5.65. The van der Waals surface area contributed by atoms with E-state index in [0.717, 1.165) is 25.1 Å². The number of carbonyl (C=O) groups excluding carboxylic acids is 1. The minimum atomic E-state index is -0.0979. The van der Waals surface area contributed by atoms with Crippen LogP contribution in [0.15, 0.2) is 30.6 Å². The SMILES string of the molecule is COc1nccc(OC2CCCN(C(=O)c3cccnc3C)C2)n1. The summed E-state index contributed by atoms with van der Waals surface area (Å²) >= 11 is 0. The molecule has 24 heavy (non-hydrogen) atoms. The van der Waals surface area contributed by atoms with E-state index in [4.69, 9.17) is 9.47 Å². The van der Waals surface area contributed by atoms with Gasteiger partial charge in [-0.2, -0.15) is 4.98 Å². The summed E-state index contributed by atoms with van der Waals surface area (Å²) < 4.78 is 10.9. The first-order chi connectivity index (χ1) is 11.7. The third-order valence-electron chi connectivity index (χ3n) is 3.98. The molecule has 2 aromatic heterocycles. The molecule has 1 aliphatic heterocycles. The average molecular weight is 328 g/mol. The molecule has 0 aromatic carbocycles. The van der Waals surface area contributed by atoms with Gasteiger partial charge in [-0.05, 0) is 31.9 Å². The number of ether oxygens (including phenoxy) is 2. The third kappa shape index (κ3) is 3.61. The number of carbonyl (C=O) groups is 1. The topological polar surface area (TPSA) is 77.4 Å². The molecule has 0 bridgehead atoms. The highest BCUT2D eigenvalue weighted by Gasteiger charge is 2.27. The number of amides is 1. The Morgan fingerprint density at radius 3 is 2.96 bits per heavy atom. The number of pyridine rings is 1. The van der Waals surface area contributed by atoms with Gasteiger partial charge in [0.25, 0.3) is 5.91 Å².